The molecule has 2 aromatic carbocycles. The van der Waals surface area contributed by atoms with Crippen molar-refractivity contribution < 1.29 is 9.53 Å². The van der Waals surface area contributed by atoms with E-state index >= 15 is 0 Å². The number of ether oxygens (including phenoxy) is 1. The second-order valence-corrected chi connectivity index (χ2v) is 7.29. The Kier molecular flexibility index (Phi) is 5.41. The minimum Gasteiger partial charge on any atom is -0.383 e. The molecule has 0 bridgehead atoms. The molecule has 5 heteroatoms. The highest BCUT2D eigenvalue weighted by molar-refractivity contribution is 6.10. The highest BCUT2D eigenvalue weighted by atomic mass is 16.5. The number of para-hydroxylation sites is 1. The number of carbonyl (C=O) groups is 1. The summed E-state index contributed by atoms with van der Waals surface area (Å²) in [6.07, 6.45) is 0. The maximum atomic E-state index is 13.5. The molecular formula is C24H27N3O2. The molecule has 0 aliphatic carbocycles. The SMILES string of the molecule is CCN(Cc1ccccc1)C(=O)c1cc2c(c3ccccc3n2C)n1CCOC. The second-order valence-electron chi connectivity index (χ2n) is 7.29. The Labute approximate surface area is 171 Å². The fourth-order valence-electron chi connectivity index (χ4n) is 4.05. The van der Waals surface area contributed by atoms with Crippen LogP contribution in [0.3, 0.4) is 0 Å². The van der Waals surface area contributed by atoms with E-state index in [0.717, 1.165) is 22.0 Å². The van der Waals surface area contributed by atoms with Crippen LogP contribution in [0.25, 0.3) is 21.9 Å². The van der Waals surface area contributed by atoms with Crippen molar-refractivity contribution in [2.45, 2.75) is 20.0 Å². The summed E-state index contributed by atoms with van der Waals surface area (Å²) in [5.74, 6) is 0.0488. The van der Waals surface area contributed by atoms with Gasteiger partial charge in [-0.05, 0) is 24.6 Å². The maximum absolute atomic E-state index is 13.5. The maximum Gasteiger partial charge on any atom is 0.270 e. The Morgan fingerprint density at radius 3 is 2.48 bits per heavy atom. The van der Waals surface area contributed by atoms with Crippen LogP contribution in [0.15, 0.2) is 60.7 Å². The van der Waals surface area contributed by atoms with E-state index in [4.69, 9.17) is 4.74 Å². The highest BCUT2D eigenvalue weighted by Gasteiger charge is 2.24. The van der Waals surface area contributed by atoms with Gasteiger partial charge < -0.3 is 18.8 Å². The molecule has 0 spiro atoms. The lowest BCUT2D eigenvalue weighted by Gasteiger charge is -2.22. The number of aromatic nitrogens is 2. The van der Waals surface area contributed by atoms with Crippen LogP contribution in [0.4, 0.5) is 0 Å². The first-order valence-corrected chi connectivity index (χ1v) is 10.0. The van der Waals surface area contributed by atoms with Crippen molar-refractivity contribution in [3.63, 3.8) is 0 Å². The highest BCUT2D eigenvalue weighted by Crippen LogP contribution is 2.31. The van der Waals surface area contributed by atoms with E-state index in [1.807, 2.05) is 48.2 Å². The number of benzene rings is 2. The lowest BCUT2D eigenvalue weighted by molar-refractivity contribution is 0.0740. The van der Waals surface area contributed by atoms with E-state index < -0.39 is 0 Å². The summed E-state index contributed by atoms with van der Waals surface area (Å²) < 4.78 is 9.63. The summed E-state index contributed by atoms with van der Waals surface area (Å²) in [6, 6.07) is 20.5. The monoisotopic (exact) mass is 389 g/mol. The summed E-state index contributed by atoms with van der Waals surface area (Å²) in [5, 5.41) is 1.16. The van der Waals surface area contributed by atoms with Crippen molar-refractivity contribution >= 4 is 27.8 Å². The third-order valence-corrected chi connectivity index (χ3v) is 5.58. The lowest BCUT2D eigenvalue weighted by Crippen LogP contribution is -2.32. The Hall–Kier alpha value is -3.05. The van der Waals surface area contributed by atoms with E-state index in [9.17, 15) is 4.79 Å². The first-order valence-electron chi connectivity index (χ1n) is 10.0. The molecule has 0 aliphatic rings. The fraction of sp³-hybridized carbons (Fsp3) is 0.292. The molecular weight excluding hydrogens is 362 g/mol. The van der Waals surface area contributed by atoms with Crippen molar-refractivity contribution in [3.8, 4) is 0 Å². The van der Waals surface area contributed by atoms with Gasteiger partial charge in [-0.3, -0.25) is 4.79 Å². The summed E-state index contributed by atoms with van der Waals surface area (Å²) in [5.41, 5.74) is 5.18. The van der Waals surface area contributed by atoms with Gasteiger partial charge in [-0.25, -0.2) is 0 Å². The Balaban J connectivity index is 1.81. The van der Waals surface area contributed by atoms with E-state index in [1.54, 1.807) is 7.11 Å². The number of amides is 1. The molecule has 1 amide bonds. The molecule has 0 atom stereocenters. The molecule has 2 aromatic heterocycles. The van der Waals surface area contributed by atoms with Gasteiger partial charge in [0.2, 0.25) is 0 Å². The fourth-order valence-corrected chi connectivity index (χ4v) is 4.05. The number of hydrogen-bond donors (Lipinski definition) is 0. The summed E-state index contributed by atoms with van der Waals surface area (Å²) in [7, 11) is 3.75. The van der Waals surface area contributed by atoms with Crippen LogP contribution in [0.5, 0.6) is 0 Å². The molecule has 0 unspecified atom stereocenters. The lowest BCUT2D eigenvalue weighted by atomic mass is 10.2. The second kappa shape index (κ2) is 8.13. The van der Waals surface area contributed by atoms with Gasteiger partial charge in [-0.2, -0.15) is 0 Å². The van der Waals surface area contributed by atoms with Crippen molar-refractivity contribution in [1.82, 2.24) is 14.0 Å². The number of carbonyl (C=O) groups excluding carboxylic acids is 1. The van der Waals surface area contributed by atoms with Crippen molar-refractivity contribution in [2.75, 3.05) is 20.3 Å². The van der Waals surface area contributed by atoms with Gasteiger partial charge in [0.25, 0.3) is 5.91 Å². The number of aryl methyl sites for hydroxylation is 1. The first kappa shape index (κ1) is 19.3. The predicted octanol–water partition coefficient (Wildman–Crippen LogP) is 4.44. The molecule has 0 radical (unpaired) electrons. The summed E-state index contributed by atoms with van der Waals surface area (Å²) in [4.78, 5) is 15.4. The zero-order valence-corrected chi connectivity index (χ0v) is 17.3. The Bertz CT molecular complexity index is 1140. The van der Waals surface area contributed by atoms with E-state index in [1.165, 1.54) is 5.52 Å². The average Bonchev–Trinajstić information content (AvgIpc) is 3.27. The van der Waals surface area contributed by atoms with Crippen LogP contribution < -0.4 is 0 Å². The van der Waals surface area contributed by atoms with Gasteiger partial charge in [-0.15, -0.1) is 0 Å². The summed E-state index contributed by atoms with van der Waals surface area (Å²) in [6.45, 7) is 4.47. The van der Waals surface area contributed by atoms with E-state index in [-0.39, 0.29) is 5.91 Å². The van der Waals surface area contributed by atoms with Crippen LogP contribution in [0, 0.1) is 0 Å². The van der Waals surface area contributed by atoms with Crippen molar-refractivity contribution in [1.29, 1.82) is 0 Å². The van der Waals surface area contributed by atoms with Crippen LogP contribution in [0.1, 0.15) is 23.0 Å². The first-order chi connectivity index (χ1) is 14.2. The van der Waals surface area contributed by atoms with Crippen LogP contribution in [0.2, 0.25) is 0 Å². The van der Waals surface area contributed by atoms with E-state index in [0.29, 0.717) is 31.9 Å². The van der Waals surface area contributed by atoms with Crippen molar-refractivity contribution in [2.24, 2.45) is 7.05 Å². The topological polar surface area (TPSA) is 39.4 Å². The number of fused-ring (bicyclic) bond motifs is 3. The molecule has 0 saturated heterocycles. The third-order valence-electron chi connectivity index (χ3n) is 5.58. The number of hydrogen-bond acceptors (Lipinski definition) is 2. The minimum absolute atomic E-state index is 0.0488. The smallest absolute Gasteiger partial charge is 0.270 e. The van der Waals surface area contributed by atoms with E-state index in [2.05, 4.69) is 40.4 Å². The molecule has 4 aromatic rings. The van der Waals surface area contributed by atoms with Crippen LogP contribution in [-0.2, 0) is 24.9 Å². The standard InChI is InChI=1S/C24H27N3O2/c1-4-26(17-18-10-6-5-7-11-18)24(28)22-16-21-23(27(22)14-15-29-3)19-12-8-9-13-20(19)25(21)2/h5-13,16H,4,14-15,17H2,1-3H3. The predicted molar refractivity (Wildman–Crippen MR) is 117 cm³/mol. The Morgan fingerprint density at radius 1 is 1.03 bits per heavy atom. The molecule has 0 saturated carbocycles. The van der Waals surface area contributed by atoms with Gasteiger partial charge >= 0.3 is 0 Å². The minimum atomic E-state index is 0.0488. The van der Waals surface area contributed by atoms with Gasteiger partial charge in [0.1, 0.15) is 5.69 Å². The van der Waals surface area contributed by atoms with Crippen LogP contribution >= 0.6 is 0 Å². The molecule has 2 heterocycles. The molecule has 0 N–H and O–H groups in total. The molecule has 5 nitrogen and oxygen atoms in total. The van der Waals surface area contributed by atoms with Gasteiger partial charge in [-0.1, -0.05) is 48.5 Å². The number of nitrogens with zero attached hydrogens (tertiary/aromatic N) is 3. The molecule has 150 valence electrons. The number of rotatable bonds is 7. The zero-order chi connectivity index (χ0) is 20.4. The molecule has 29 heavy (non-hydrogen) atoms. The molecule has 4 rings (SSSR count). The molecule has 0 fully saturated rings. The quantitative estimate of drug-likeness (QED) is 0.469. The van der Waals surface area contributed by atoms with Crippen LogP contribution in [-0.4, -0.2) is 40.2 Å². The Morgan fingerprint density at radius 2 is 1.76 bits per heavy atom. The molecule has 0 aliphatic heterocycles. The average molecular weight is 389 g/mol. The van der Waals surface area contributed by atoms with Gasteiger partial charge in [0.05, 0.1) is 23.2 Å². The summed E-state index contributed by atoms with van der Waals surface area (Å²) >= 11 is 0. The normalized spacial score (nSPS) is 11.4. The largest absolute Gasteiger partial charge is 0.383 e. The van der Waals surface area contributed by atoms with Crippen molar-refractivity contribution in [3.05, 3.63) is 71.9 Å². The van der Waals surface area contributed by atoms with Gasteiger partial charge in [0.15, 0.2) is 0 Å². The zero-order valence-electron chi connectivity index (χ0n) is 17.3. The third kappa shape index (κ3) is 3.42. The van der Waals surface area contributed by atoms with Gasteiger partial charge in [0, 0.05) is 39.2 Å². The number of methoxy groups -OCH3 is 1.